The predicted molar refractivity (Wildman–Crippen MR) is 134 cm³/mol. The summed E-state index contributed by atoms with van der Waals surface area (Å²) in [5, 5.41) is 16.1. The predicted octanol–water partition coefficient (Wildman–Crippen LogP) is 5.86. The lowest BCUT2D eigenvalue weighted by atomic mass is 10.1. The van der Waals surface area contributed by atoms with E-state index >= 15 is 0 Å². The first-order chi connectivity index (χ1) is 15.4. The minimum atomic E-state index is -0.379. The third kappa shape index (κ3) is 4.21. The zero-order chi connectivity index (χ0) is 22.8. The van der Waals surface area contributed by atoms with Gasteiger partial charge < -0.3 is 4.57 Å². The van der Waals surface area contributed by atoms with Crippen LogP contribution < -0.4 is 0 Å². The molecule has 166 valence electrons. The Morgan fingerprint density at radius 2 is 1.88 bits per heavy atom. The Bertz CT molecular complexity index is 1150. The second-order valence-electron chi connectivity index (χ2n) is 8.15. The maximum Gasteiger partial charge on any atom is 0.283 e. The number of unbranched alkanes of at least 4 members (excludes halogenated alkanes) is 2. The number of aliphatic imine (C=N–C) groups is 1. The van der Waals surface area contributed by atoms with E-state index in [1.165, 1.54) is 22.3 Å². The zero-order valence-electron chi connectivity index (χ0n) is 19.1. The number of nitrogens with zero attached hydrogens (tertiary/aromatic N) is 4. The van der Waals surface area contributed by atoms with E-state index in [1.807, 2.05) is 13.0 Å². The molecule has 1 N–H and O–H groups in total. The van der Waals surface area contributed by atoms with Crippen molar-refractivity contribution in [3.8, 4) is 5.69 Å². The van der Waals surface area contributed by atoms with Gasteiger partial charge in [-0.1, -0.05) is 38.8 Å². The van der Waals surface area contributed by atoms with Crippen LogP contribution in [-0.2, 0) is 11.2 Å². The molecule has 0 radical (unpaired) electrons. The first kappa shape index (κ1) is 22.3. The van der Waals surface area contributed by atoms with Crippen molar-refractivity contribution in [1.29, 1.82) is 5.41 Å². The van der Waals surface area contributed by atoms with Gasteiger partial charge in [0.05, 0.1) is 5.57 Å². The van der Waals surface area contributed by atoms with Crippen molar-refractivity contribution in [1.82, 2.24) is 9.58 Å². The van der Waals surface area contributed by atoms with E-state index in [9.17, 15) is 4.79 Å². The van der Waals surface area contributed by atoms with Gasteiger partial charge in [0.15, 0.2) is 5.84 Å². The van der Waals surface area contributed by atoms with Crippen molar-refractivity contribution >= 4 is 39.8 Å². The van der Waals surface area contributed by atoms with Crippen LogP contribution in [0.4, 0.5) is 0 Å². The van der Waals surface area contributed by atoms with Gasteiger partial charge in [-0.2, -0.15) is 15.1 Å². The van der Waals surface area contributed by atoms with Gasteiger partial charge >= 0.3 is 0 Å². The number of rotatable bonds is 7. The van der Waals surface area contributed by atoms with Crippen LogP contribution in [0, 0.1) is 19.3 Å². The average Bonchev–Trinajstić information content (AvgIpc) is 3.31. The van der Waals surface area contributed by atoms with E-state index in [2.05, 4.69) is 59.7 Å². The van der Waals surface area contributed by atoms with Crippen molar-refractivity contribution in [2.75, 3.05) is 0 Å². The molecule has 2 aromatic rings. The number of hydrazone groups is 1. The van der Waals surface area contributed by atoms with Gasteiger partial charge in [0.1, 0.15) is 5.04 Å². The average molecular weight is 448 g/mol. The van der Waals surface area contributed by atoms with Crippen molar-refractivity contribution in [3.63, 3.8) is 0 Å². The van der Waals surface area contributed by atoms with E-state index in [1.54, 1.807) is 6.08 Å². The van der Waals surface area contributed by atoms with Crippen molar-refractivity contribution in [3.05, 3.63) is 58.4 Å². The molecule has 1 amide bonds. The highest BCUT2D eigenvalue weighted by Gasteiger charge is 2.35. The van der Waals surface area contributed by atoms with Crippen LogP contribution in [0.15, 0.2) is 46.0 Å². The number of aryl methyl sites for hydroxylation is 2. The van der Waals surface area contributed by atoms with Crippen LogP contribution in [0.25, 0.3) is 11.8 Å². The first-order valence-corrected chi connectivity index (χ1v) is 12.0. The second-order valence-corrected chi connectivity index (χ2v) is 9.19. The summed E-state index contributed by atoms with van der Waals surface area (Å²) in [6.07, 6.45) is 6.98. The summed E-state index contributed by atoms with van der Waals surface area (Å²) in [6.45, 7) is 8.40. The molecule has 0 saturated carbocycles. The van der Waals surface area contributed by atoms with E-state index < -0.39 is 0 Å². The van der Waals surface area contributed by atoms with Gasteiger partial charge in [-0.05, 0) is 80.3 Å². The molecule has 0 saturated heterocycles. The number of amides is 1. The Kier molecular flexibility index (Phi) is 6.46. The Labute approximate surface area is 193 Å². The summed E-state index contributed by atoms with van der Waals surface area (Å²) >= 11 is 1.40. The fraction of sp³-hybridized carbons (Fsp3) is 0.360. The third-order valence-electron chi connectivity index (χ3n) is 5.86. The Hall–Kier alpha value is -2.93. The lowest BCUT2D eigenvalue weighted by Gasteiger charge is -2.20. The lowest BCUT2D eigenvalue weighted by molar-refractivity contribution is -0.114. The van der Waals surface area contributed by atoms with Gasteiger partial charge in [0.25, 0.3) is 5.91 Å². The molecule has 0 fully saturated rings. The molecule has 2 aliphatic heterocycles. The van der Waals surface area contributed by atoms with Crippen LogP contribution >= 0.6 is 11.8 Å². The number of amidine groups is 2. The quantitative estimate of drug-likeness (QED) is 0.427. The van der Waals surface area contributed by atoms with Gasteiger partial charge in [-0.3, -0.25) is 10.2 Å². The minimum absolute atomic E-state index is 0.0927. The number of nitrogens with one attached hydrogen (secondary N) is 1. The number of benzene rings is 1. The monoisotopic (exact) mass is 447 g/mol. The number of hydrogen-bond acceptors (Lipinski definition) is 4. The number of carbonyl (C=O) groups excluding carboxylic acids is 1. The molecule has 1 aromatic heterocycles. The second kappa shape index (κ2) is 9.28. The van der Waals surface area contributed by atoms with Gasteiger partial charge in [0, 0.05) is 17.1 Å². The molecule has 6 nitrogen and oxygen atoms in total. The third-order valence-corrected chi connectivity index (χ3v) is 6.83. The Morgan fingerprint density at radius 1 is 1.12 bits per heavy atom. The molecule has 7 heteroatoms. The van der Waals surface area contributed by atoms with Gasteiger partial charge in [-0.25, -0.2) is 0 Å². The highest BCUT2D eigenvalue weighted by atomic mass is 32.2. The Morgan fingerprint density at radius 3 is 2.56 bits per heavy atom. The van der Waals surface area contributed by atoms with Crippen molar-refractivity contribution < 1.29 is 4.79 Å². The standard InChI is InChI=1S/C25H29N5OS/c1-5-7-8-9-22-28-30-23(26)21(24(31)27-25(30)32-22)15-19-14-16(3)29(17(19)4)20-12-10-18(6-2)11-13-20/h10-15,26H,5-9H2,1-4H3/b21-15-,26-23?. The highest BCUT2D eigenvalue weighted by Crippen LogP contribution is 2.31. The molecule has 32 heavy (non-hydrogen) atoms. The zero-order valence-corrected chi connectivity index (χ0v) is 19.9. The molecule has 0 atom stereocenters. The van der Waals surface area contributed by atoms with Gasteiger partial charge in [0.2, 0.25) is 5.17 Å². The summed E-state index contributed by atoms with van der Waals surface area (Å²) in [4.78, 5) is 17.0. The molecule has 0 unspecified atom stereocenters. The molecule has 4 rings (SSSR count). The molecule has 0 aliphatic carbocycles. The summed E-state index contributed by atoms with van der Waals surface area (Å²) in [5.41, 5.74) is 5.66. The van der Waals surface area contributed by atoms with Crippen LogP contribution in [0.2, 0.25) is 0 Å². The lowest BCUT2D eigenvalue weighted by Crippen LogP contribution is -2.35. The fourth-order valence-corrected chi connectivity index (χ4v) is 4.95. The van der Waals surface area contributed by atoms with E-state index in [4.69, 9.17) is 5.41 Å². The molecule has 0 spiro atoms. The maximum absolute atomic E-state index is 12.8. The highest BCUT2D eigenvalue weighted by molar-refractivity contribution is 8.26. The molecule has 0 bridgehead atoms. The van der Waals surface area contributed by atoms with E-state index in [0.29, 0.717) is 5.17 Å². The number of aromatic nitrogens is 1. The Balaban J connectivity index is 1.63. The smallest absolute Gasteiger partial charge is 0.283 e. The van der Waals surface area contributed by atoms with Gasteiger partial charge in [-0.15, -0.1) is 0 Å². The summed E-state index contributed by atoms with van der Waals surface area (Å²) < 4.78 is 2.17. The SMILES string of the molecule is CCCCCC1=NN2C(=N)/C(=C/c3cc(C)n(-c4ccc(CC)cc4)c3C)C(=O)N=C2S1. The normalized spacial score (nSPS) is 17.1. The molecular formula is C25H29N5OS. The van der Waals surface area contributed by atoms with Crippen LogP contribution in [-0.4, -0.2) is 31.5 Å². The largest absolute Gasteiger partial charge is 0.318 e. The molecular weight excluding hydrogens is 418 g/mol. The molecule has 3 heterocycles. The number of fused-ring (bicyclic) bond motifs is 1. The topological polar surface area (TPSA) is 73.8 Å². The molecule has 1 aromatic carbocycles. The first-order valence-electron chi connectivity index (χ1n) is 11.2. The maximum atomic E-state index is 12.8. The number of hydrogen-bond donors (Lipinski definition) is 1. The fourth-order valence-electron chi connectivity index (χ4n) is 4.03. The summed E-state index contributed by atoms with van der Waals surface area (Å²) in [7, 11) is 0. The summed E-state index contributed by atoms with van der Waals surface area (Å²) in [6, 6.07) is 10.6. The van der Waals surface area contributed by atoms with E-state index in [0.717, 1.165) is 59.8 Å². The number of carbonyl (C=O) groups is 1. The minimum Gasteiger partial charge on any atom is -0.318 e. The van der Waals surface area contributed by atoms with Crippen LogP contribution in [0.1, 0.15) is 62.0 Å². The van der Waals surface area contributed by atoms with Crippen LogP contribution in [0.3, 0.4) is 0 Å². The van der Waals surface area contributed by atoms with Crippen molar-refractivity contribution in [2.24, 2.45) is 10.1 Å². The number of thioether (sulfide) groups is 1. The van der Waals surface area contributed by atoms with Crippen molar-refractivity contribution in [2.45, 2.75) is 59.8 Å². The van der Waals surface area contributed by atoms with E-state index in [-0.39, 0.29) is 17.3 Å². The van der Waals surface area contributed by atoms with Crippen LogP contribution in [0.5, 0.6) is 0 Å². The molecule has 2 aliphatic rings. The summed E-state index contributed by atoms with van der Waals surface area (Å²) in [5.74, 6) is -0.286.